The molecule has 0 saturated carbocycles. The van der Waals surface area contributed by atoms with Crippen molar-refractivity contribution in [1.29, 1.82) is 0 Å². The first-order valence-corrected chi connectivity index (χ1v) is 11.6. The van der Waals surface area contributed by atoms with Crippen LogP contribution in [0.15, 0.2) is 47.4 Å². The van der Waals surface area contributed by atoms with Gasteiger partial charge in [-0.25, -0.2) is 0 Å². The molecule has 0 radical (unpaired) electrons. The lowest BCUT2D eigenvalue weighted by Gasteiger charge is -2.20. The minimum absolute atomic E-state index is 0.104. The number of nitrogens with one attached hydrogen (secondary N) is 2. The van der Waals surface area contributed by atoms with Crippen LogP contribution in [0.5, 0.6) is 0 Å². The van der Waals surface area contributed by atoms with Crippen LogP contribution in [-0.2, 0) is 11.8 Å². The number of fused-ring (bicyclic) bond motifs is 1. The van der Waals surface area contributed by atoms with Crippen molar-refractivity contribution >= 4 is 34.1 Å². The van der Waals surface area contributed by atoms with Crippen LogP contribution in [0.4, 0.5) is 11.4 Å². The van der Waals surface area contributed by atoms with Crippen molar-refractivity contribution in [3.8, 4) is 11.1 Å². The standard InChI is InChI=1S/C25H27N7O3/c1-15-5-4-8-32(15)14-23(33)28-19-10-21(16(2)26-12-19)29-25(34)24-20-7-6-17(9-22(20)30-35-24)18-11-27-31(3)13-18/h6-7,9-13,15H,4-5,8,14H2,1-3H3,(H,28,33)(H,29,34)/t15-/m0/s1. The summed E-state index contributed by atoms with van der Waals surface area (Å²) in [4.78, 5) is 32.0. The first-order chi connectivity index (χ1) is 16.9. The number of anilines is 2. The van der Waals surface area contributed by atoms with Crippen LogP contribution in [-0.4, -0.2) is 55.8 Å². The molecule has 35 heavy (non-hydrogen) atoms. The second-order valence-electron chi connectivity index (χ2n) is 8.97. The molecule has 0 aliphatic carbocycles. The highest BCUT2D eigenvalue weighted by Gasteiger charge is 2.23. The highest BCUT2D eigenvalue weighted by molar-refractivity contribution is 6.11. The molecule has 1 atom stereocenters. The van der Waals surface area contributed by atoms with Crippen molar-refractivity contribution in [3.05, 3.63) is 54.3 Å². The number of aryl methyl sites for hydroxylation is 2. The van der Waals surface area contributed by atoms with Gasteiger partial charge in [-0.3, -0.25) is 24.2 Å². The Hall–Kier alpha value is -4.05. The molecule has 10 heteroatoms. The van der Waals surface area contributed by atoms with Gasteiger partial charge in [-0.1, -0.05) is 11.2 Å². The van der Waals surface area contributed by atoms with Gasteiger partial charge >= 0.3 is 0 Å². The Kier molecular flexibility index (Phi) is 6.04. The van der Waals surface area contributed by atoms with Gasteiger partial charge in [0.25, 0.3) is 5.91 Å². The number of nitrogens with zero attached hydrogens (tertiary/aromatic N) is 5. The van der Waals surface area contributed by atoms with E-state index in [0.717, 1.165) is 30.5 Å². The van der Waals surface area contributed by atoms with E-state index in [4.69, 9.17) is 4.52 Å². The van der Waals surface area contributed by atoms with Gasteiger partial charge in [-0.05, 0) is 57.0 Å². The topological polar surface area (TPSA) is 118 Å². The van der Waals surface area contributed by atoms with Crippen molar-refractivity contribution < 1.29 is 14.1 Å². The van der Waals surface area contributed by atoms with Crippen molar-refractivity contribution in [1.82, 2.24) is 24.8 Å². The van der Waals surface area contributed by atoms with Gasteiger partial charge in [-0.15, -0.1) is 0 Å². The molecule has 2 N–H and O–H groups in total. The maximum atomic E-state index is 13.0. The molecule has 3 aromatic heterocycles. The van der Waals surface area contributed by atoms with Crippen LogP contribution in [0.3, 0.4) is 0 Å². The second kappa shape index (κ2) is 9.30. The Morgan fingerprint density at radius 3 is 2.77 bits per heavy atom. The predicted molar refractivity (Wildman–Crippen MR) is 132 cm³/mol. The molecule has 1 aliphatic rings. The second-order valence-corrected chi connectivity index (χ2v) is 8.97. The lowest BCUT2D eigenvalue weighted by Crippen LogP contribution is -2.35. The number of hydrogen-bond acceptors (Lipinski definition) is 7. The average molecular weight is 474 g/mol. The smallest absolute Gasteiger partial charge is 0.294 e. The van der Waals surface area contributed by atoms with Gasteiger partial charge in [-0.2, -0.15) is 5.10 Å². The fourth-order valence-corrected chi connectivity index (χ4v) is 4.38. The van der Waals surface area contributed by atoms with Crippen LogP contribution in [0.2, 0.25) is 0 Å². The molecule has 5 rings (SSSR count). The summed E-state index contributed by atoms with van der Waals surface area (Å²) in [5, 5.41) is 14.6. The molecule has 1 fully saturated rings. The van der Waals surface area contributed by atoms with Crippen molar-refractivity contribution in [2.75, 3.05) is 23.7 Å². The van der Waals surface area contributed by atoms with Crippen LogP contribution >= 0.6 is 0 Å². The predicted octanol–water partition coefficient (Wildman–Crippen LogP) is 3.61. The van der Waals surface area contributed by atoms with E-state index >= 15 is 0 Å². The summed E-state index contributed by atoms with van der Waals surface area (Å²) in [5.74, 6) is -0.442. The van der Waals surface area contributed by atoms with Crippen molar-refractivity contribution in [2.45, 2.75) is 32.7 Å². The summed E-state index contributed by atoms with van der Waals surface area (Å²) in [6, 6.07) is 7.67. The monoisotopic (exact) mass is 473 g/mol. The Balaban J connectivity index is 1.30. The zero-order valence-electron chi connectivity index (χ0n) is 19.9. The first-order valence-electron chi connectivity index (χ1n) is 11.6. The van der Waals surface area contributed by atoms with E-state index in [9.17, 15) is 9.59 Å². The highest BCUT2D eigenvalue weighted by atomic mass is 16.5. The van der Waals surface area contributed by atoms with Gasteiger partial charge in [0, 0.05) is 24.8 Å². The van der Waals surface area contributed by atoms with E-state index in [1.807, 2.05) is 31.4 Å². The third-order valence-corrected chi connectivity index (χ3v) is 6.38. The molecule has 1 saturated heterocycles. The van der Waals surface area contributed by atoms with E-state index in [1.165, 1.54) is 0 Å². The molecule has 0 unspecified atom stereocenters. The number of carbonyl (C=O) groups excluding carboxylic acids is 2. The van der Waals surface area contributed by atoms with E-state index in [-0.39, 0.29) is 11.7 Å². The van der Waals surface area contributed by atoms with Crippen molar-refractivity contribution in [3.63, 3.8) is 0 Å². The zero-order valence-corrected chi connectivity index (χ0v) is 19.9. The molecule has 0 bridgehead atoms. The highest BCUT2D eigenvalue weighted by Crippen LogP contribution is 2.27. The summed E-state index contributed by atoms with van der Waals surface area (Å²) in [5.41, 5.74) is 4.07. The molecule has 180 valence electrons. The van der Waals surface area contributed by atoms with Gasteiger partial charge in [0.2, 0.25) is 11.7 Å². The lowest BCUT2D eigenvalue weighted by atomic mass is 10.1. The first kappa shape index (κ1) is 22.7. The minimum atomic E-state index is -0.444. The molecular formula is C25H27N7O3. The maximum absolute atomic E-state index is 13.0. The molecular weight excluding hydrogens is 446 g/mol. The quantitative estimate of drug-likeness (QED) is 0.439. The molecule has 10 nitrogen and oxygen atoms in total. The van der Waals surface area contributed by atoms with Crippen LogP contribution < -0.4 is 10.6 Å². The third-order valence-electron chi connectivity index (χ3n) is 6.38. The molecule has 2 amide bonds. The number of benzene rings is 1. The number of aromatic nitrogens is 4. The number of likely N-dealkylation sites (tertiary alicyclic amines) is 1. The maximum Gasteiger partial charge on any atom is 0.294 e. The SMILES string of the molecule is Cc1ncc(NC(=O)CN2CCC[C@@H]2C)cc1NC(=O)c1onc2cc(-c3cnn(C)c3)ccc12. The van der Waals surface area contributed by atoms with Crippen LogP contribution in [0.1, 0.15) is 36.0 Å². The van der Waals surface area contributed by atoms with E-state index < -0.39 is 5.91 Å². The largest absolute Gasteiger partial charge is 0.350 e. The van der Waals surface area contributed by atoms with E-state index in [1.54, 1.807) is 30.1 Å². The molecule has 0 spiro atoms. The summed E-state index contributed by atoms with van der Waals surface area (Å²) in [6.45, 7) is 5.18. The van der Waals surface area contributed by atoms with Gasteiger partial charge in [0.05, 0.1) is 41.4 Å². The number of rotatable bonds is 6. The van der Waals surface area contributed by atoms with Crippen LogP contribution in [0.25, 0.3) is 22.0 Å². The number of amides is 2. The fraction of sp³-hybridized carbons (Fsp3) is 0.320. The number of hydrogen-bond donors (Lipinski definition) is 2. The Bertz CT molecular complexity index is 1410. The molecule has 4 aromatic rings. The van der Waals surface area contributed by atoms with Crippen LogP contribution in [0, 0.1) is 6.92 Å². The van der Waals surface area contributed by atoms with Gasteiger partial charge < -0.3 is 15.2 Å². The third kappa shape index (κ3) is 4.78. The molecule has 1 aliphatic heterocycles. The van der Waals surface area contributed by atoms with E-state index in [2.05, 4.69) is 37.7 Å². The molecule has 4 heterocycles. The summed E-state index contributed by atoms with van der Waals surface area (Å²) in [6.07, 6.45) is 7.47. The molecule has 1 aromatic carbocycles. The van der Waals surface area contributed by atoms with Gasteiger partial charge in [0.1, 0.15) is 5.52 Å². The lowest BCUT2D eigenvalue weighted by molar-refractivity contribution is -0.117. The Morgan fingerprint density at radius 2 is 2.03 bits per heavy atom. The summed E-state index contributed by atoms with van der Waals surface area (Å²) >= 11 is 0. The zero-order chi connectivity index (χ0) is 24.5. The fourth-order valence-electron chi connectivity index (χ4n) is 4.38. The summed E-state index contributed by atoms with van der Waals surface area (Å²) < 4.78 is 7.11. The van der Waals surface area contributed by atoms with Crippen molar-refractivity contribution in [2.24, 2.45) is 7.05 Å². The van der Waals surface area contributed by atoms with E-state index in [0.29, 0.717) is 40.6 Å². The Labute approximate surface area is 202 Å². The Morgan fingerprint density at radius 1 is 1.17 bits per heavy atom. The minimum Gasteiger partial charge on any atom is -0.350 e. The summed E-state index contributed by atoms with van der Waals surface area (Å²) in [7, 11) is 1.85. The van der Waals surface area contributed by atoms with Gasteiger partial charge in [0.15, 0.2) is 0 Å². The average Bonchev–Trinajstić information content (AvgIpc) is 3.56. The normalized spacial score (nSPS) is 16.0. The number of carbonyl (C=O) groups is 2. The number of pyridine rings is 1.